The second-order valence-corrected chi connectivity index (χ2v) is 18.1. The highest BCUT2D eigenvalue weighted by molar-refractivity contribution is 6.99. The van der Waals surface area contributed by atoms with Crippen LogP contribution in [0, 0.1) is 6.92 Å². The summed E-state index contributed by atoms with van der Waals surface area (Å²) in [5, 5.41) is 13.5. The summed E-state index contributed by atoms with van der Waals surface area (Å²) in [5.74, 6) is 1.58. The highest BCUT2D eigenvalue weighted by Crippen LogP contribution is 2.37. The third kappa shape index (κ3) is 8.35. The summed E-state index contributed by atoms with van der Waals surface area (Å²) in [6, 6.07) is 23.2. The lowest BCUT2D eigenvalue weighted by Crippen LogP contribution is -2.66. The first-order valence-electron chi connectivity index (χ1n) is 17.2. The number of pyridine rings is 1. The van der Waals surface area contributed by atoms with Gasteiger partial charge >= 0.3 is 6.09 Å². The number of benzene rings is 2. The Morgan fingerprint density at radius 2 is 1.67 bits per heavy atom. The maximum atomic E-state index is 12.3. The van der Waals surface area contributed by atoms with Crippen molar-refractivity contribution >= 4 is 59.2 Å². The van der Waals surface area contributed by atoms with Crippen LogP contribution >= 0.6 is 11.6 Å². The van der Waals surface area contributed by atoms with Gasteiger partial charge in [-0.05, 0) is 46.8 Å². The molecule has 13 heteroatoms. The van der Waals surface area contributed by atoms with Gasteiger partial charge in [-0.3, -0.25) is 15.0 Å². The number of nitrogens with one attached hydrogen (secondary N) is 2. The molecule has 0 aliphatic heterocycles. The molecule has 0 unspecified atom stereocenters. The van der Waals surface area contributed by atoms with Crippen LogP contribution in [-0.4, -0.2) is 66.0 Å². The first-order chi connectivity index (χ1) is 24.5. The molecular weight excluding hydrogens is 682 g/mol. The van der Waals surface area contributed by atoms with Crippen molar-refractivity contribution in [3.8, 4) is 5.75 Å². The number of rotatable bonds is 15. The second-order valence-electron chi connectivity index (χ2n) is 13.5. The third-order valence-electron chi connectivity index (χ3n) is 9.00. The molecule has 0 bridgehead atoms. The Morgan fingerprint density at radius 3 is 2.24 bits per heavy atom. The van der Waals surface area contributed by atoms with Gasteiger partial charge in [-0.2, -0.15) is 10.1 Å². The van der Waals surface area contributed by atoms with Crippen molar-refractivity contribution in [3.05, 3.63) is 89.9 Å². The number of ether oxygens (including phenoxy) is 2. The summed E-state index contributed by atoms with van der Waals surface area (Å²) in [5.41, 5.74) is 3.48. The number of alkyl halides is 1. The van der Waals surface area contributed by atoms with Crippen molar-refractivity contribution in [3.63, 3.8) is 0 Å². The van der Waals surface area contributed by atoms with E-state index in [0.29, 0.717) is 59.4 Å². The van der Waals surface area contributed by atoms with Crippen molar-refractivity contribution in [2.45, 2.75) is 77.4 Å². The summed E-state index contributed by atoms with van der Waals surface area (Å²) in [6.45, 7) is 11.7. The molecule has 0 saturated carbocycles. The average molecular weight is 730 g/mol. The van der Waals surface area contributed by atoms with Crippen LogP contribution < -0.4 is 25.7 Å². The molecule has 1 atom stereocenters. The molecule has 11 nitrogen and oxygen atoms in total. The average Bonchev–Trinajstić information content (AvgIpc) is 3.44. The molecule has 0 spiro atoms. The van der Waals surface area contributed by atoms with Crippen molar-refractivity contribution < 1.29 is 18.7 Å². The predicted octanol–water partition coefficient (Wildman–Crippen LogP) is 7.05. The van der Waals surface area contributed by atoms with Gasteiger partial charge in [0.1, 0.15) is 22.5 Å². The van der Waals surface area contributed by atoms with Crippen LogP contribution in [0.1, 0.15) is 63.9 Å². The number of amides is 1. The molecule has 3 heterocycles. The minimum Gasteiger partial charge on any atom is -0.495 e. The molecule has 0 radical (unpaired) electrons. The molecule has 5 rings (SSSR count). The molecule has 2 aromatic carbocycles. The van der Waals surface area contributed by atoms with Gasteiger partial charge in [0.05, 0.1) is 26.5 Å². The predicted molar refractivity (Wildman–Crippen MR) is 206 cm³/mol. The molecule has 0 aliphatic rings. The smallest absolute Gasteiger partial charge is 0.413 e. The van der Waals surface area contributed by atoms with Crippen LogP contribution in [0.3, 0.4) is 0 Å². The monoisotopic (exact) mass is 729 g/mol. The van der Waals surface area contributed by atoms with Gasteiger partial charge in [-0.15, -0.1) is 11.6 Å². The van der Waals surface area contributed by atoms with E-state index in [2.05, 4.69) is 109 Å². The molecule has 2 N–H and O–H groups in total. The van der Waals surface area contributed by atoms with Crippen molar-refractivity contribution in [1.82, 2.24) is 24.7 Å². The molecule has 1 amide bonds. The van der Waals surface area contributed by atoms with E-state index in [1.54, 1.807) is 13.3 Å². The lowest BCUT2D eigenvalue weighted by atomic mass is 10.1. The number of anilines is 2. The zero-order valence-electron chi connectivity index (χ0n) is 30.5. The van der Waals surface area contributed by atoms with E-state index in [9.17, 15) is 4.79 Å². The summed E-state index contributed by atoms with van der Waals surface area (Å²) in [4.78, 5) is 26.3. The Bertz CT molecular complexity index is 1880. The van der Waals surface area contributed by atoms with Crippen LogP contribution in [-0.2, 0) is 21.6 Å². The van der Waals surface area contributed by atoms with Crippen LogP contribution in [0.25, 0.3) is 11.0 Å². The van der Waals surface area contributed by atoms with E-state index in [4.69, 9.17) is 35.6 Å². The highest BCUT2D eigenvalue weighted by Gasteiger charge is 2.50. The summed E-state index contributed by atoms with van der Waals surface area (Å²) in [7, 11) is 0.181. The van der Waals surface area contributed by atoms with Gasteiger partial charge < -0.3 is 19.2 Å². The number of nitrogens with zero attached hydrogens (tertiary/aromatic N) is 5. The van der Waals surface area contributed by atoms with Gasteiger partial charge in [-0.1, -0.05) is 94.8 Å². The zero-order valence-corrected chi connectivity index (χ0v) is 32.3. The van der Waals surface area contributed by atoms with E-state index >= 15 is 0 Å². The Hall–Kier alpha value is -4.52. The van der Waals surface area contributed by atoms with E-state index in [0.717, 1.165) is 18.4 Å². The fourth-order valence-corrected chi connectivity index (χ4v) is 11.3. The highest BCUT2D eigenvalue weighted by atomic mass is 35.5. The molecule has 3 aromatic heterocycles. The van der Waals surface area contributed by atoms with Crippen LogP contribution in [0.15, 0.2) is 72.9 Å². The van der Waals surface area contributed by atoms with E-state index in [1.165, 1.54) is 17.5 Å². The maximum absolute atomic E-state index is 12.3. The summed E-state index contributed by atoms with van der Waals surface area (Å²) >= 11 is 6.07. The van der Waals surface area contributed by atoms with E-state index < -0.39 is 14.4 Å². The van der Waals surface area contributed by atoms with Gasteiger partial charge in [0, 0.05) is 24.7 Å². The number of aromatic nitrogens is 5. The number of carbonyl (C=O) groups excluding carboxylic acids is 1. The Morgan fingerprint density at radius 1 is 1.00 bits per heavy atom. The molecule has 0 aliphatic carbocycles. The Labute approximate surface area is 306 Å². The topological polar surface area (TPSA) is 125 Å². The van der Waals surface area contributed by atoms with E-state index in [1.807, 2.05) is 17.7 Å². The van der Waals surface area contributed by atoms with E-state index in [-0.39, 0.29) is 17.0 Å². The number of carbonyl (C=O) groups is 1. The normalized spacial score (nSPS) is 12.5. The first kappa shape index (κ1) is 37.7. The molecule has 0 saturated heterocycles. The van der Waals surface area contributed by atoms with Crippen LogP contribution in [0.4, 0.5) is 16.6 Å². The van der Waals surface area contributed by atoms with Gasteiger partial charge in [0.15, 0.2) is 5.82 Å². The zero-order chi connectivity index (χ0) is 36.6. The molecule has 5 aromatic rings. The lowest BCUT2D eigenvalue weighted by molar-refractivity contribution is 0.186. The van der Waals surface area contributed by atoms with Crippen LogP contribution in [0.2, 0.25) is 5.04 Å². The maximum Gasteiger partial charge on any atom is 0.413 e. The van der Waals surface area contributed by atoms with Gasteiger partial charge in [0.2, 0.25) is 5.95 Å². The number of halogens is 1. The van der Waals surface area contributed by atoms with Crippen molar-refractivity contribution in [1.29, 1.82) is 0 Å². The minimum atomic E-state index is -2.73. The minimum absolute atomic E-state index is 0.0170. The quantitative estimate of drug-likeness (QED) is 0.0862. The standard InChI is InChI=1S/C38H48ClN7O4Si/c1-8-15-28(20-21-50-51(38(3,4)5,29-16-11-9-12-17-29)30-18-13-10-14-19-30)41-35-34-33(42-36(43-35)44-37(47)49-7)26(2)45-46(34)25-31-32(48-6)22-27(23-39)24-40-31/h9-14,16-19,22,24,28H,8,15,20-21,23,25H2,1-7H3,(H2,41,42,43,44,47)/t28-/m0/s1. The first-order valence-corrected chi connectivity index (χ1v) is 19.7. The van der Waals surface area contributed by atoms with Crippen molar-refractivity contribution in [2.75, 3.05) is 31.5 Å². The number of methoxy groups -OCH3 is 2. The Balaban J connectivity index is 1.51. The van der Waals surface area contributed by atoms with Gasteiger partial charge in [-0.25, -0.2) is 9.78 Å². The number of fused-ring (bicyclic) bond motifs is 1. The second kappa shape index (κ2) is 16.7. The molecule has 0 fully saturated rings. The summed E-state index contributed by atoms with van der Waals surface area (Å²) < 4.78 is 19.6. The fraction of sp³-hybridized carbons (Fsp3) is 0.395. The lowest BCUT2D eigenvalue weighted by Gasteiger charge is -2.43. The summed E-state index contributed by atoms with van der Waals surface area (Å²) in [6.07, 6.45) is 3.58. The molecular formula is C38H48ClN7O4Si. The molecule has 51 heavy (non-hydrogen) atoms. The SMILES string of the molecule is CCC[C@@H](CCO[Si](c1ccccc1)(c1ccccc1)C(C)(C)C)Nc1nc(NC(=O)OC)nc2c(C)nn(Cc3ncc(CCl)cc3OC)c12. The van der Waals surface area contributed by atoms with Crippen LogP contribution in [0.5, 0.6) is 5.75 Å². The largest absolute Gasteiger partial charge is 0.495 e. The number of hydrogen-bond donors (Lipinski definition) is 2. The fourth-order valence-electron chi connectivity index (χ4n) is 6.61. The van der Waals surface area contributed by atoms with Gasteiger partial charge in [0.25, 0.3) is 8.32 Å². The Kier molecular flexibility index (Phi) is 12.3. The third-order valence-corrected chi connectivity index (χ3v) is 14.3. The molecule has 270 valence electrons. The number of hydrogen-bond acceptors (Lipinski definition) is 9. The van der Waals surface area contributed by atoms with Crippen molar-refractivity contribution in [2.24, 2.45) is 0 Å². The number of aryl methyl sites for hydroxylation is 1.